The molecule has 5 nitrogen and oxygen atoms in total. The summed E-state index contributed by atoms with van der Waals surface area (Å²) < 4.78 is 0. The van der Waals surface area contributed by atoms with Crippen LogP contribution in [0.1, 0.15) is 47.2 Å². The highest BCUT2D eigenvalue weighted by Crippen LogP contribution is 2.25. The molecule has 0 aliphatic carbocycles. The maximum absolute atomic E-state index is 12.4. The normalized spacial score (nSPS) is 12.6. The molecule has 0 aliphatic rings. The highest BCUT2D eigenvalue weighted by molar-refractivity contribution is 5.79. The molecule has 0 fully saturated rings. The standard InChI is InChI=1S/C13H23N3O2/c1-12(2,3)16(13(4,5)6)10(17)7-9-8-14-11(18)15-9/h8H,7H2,1-6H3,(H2,14,15,18). The van der Waals surface area contributed by atoms with Gasteiger partial charge in [-0.2, -0.15) is 0 Å². The van der Waals surface area contributed by atoms with Crippen molar-refractivity contribution in [1.82, 2.24) is 14.9 Å². The van der Waals surface area contributed by atoms with Gasteiger partial charge in [0.15, 0.2) is 0 Å². The zero-order chi connectivity index (χ0) is 14.1. The van der Waals surface area contributed by atoms with Crippen molar-refractivity contribution in [3.63, 3.8) is 0 Å². The summed E-state index contributed by atoms with van der Waals surface area (Å²) in [6, 6.07) is 0. The lowest BCUT2D eigenvalue weighted by Gasteiger charge is -2.45. The summed E-state index contributed by atoms with van der Waals surface area (Å²) in [4.78, 5) is 30.4. The van der Waals surface area contributed by atoms with E-state index < -0.39 is 0 Å². The number of nitrogens with one attached hydrogen (secondary N) is 2. The molecule has 0 unspecified atom stereocenters. The third kappa shape index (κ3) is 3.48. The van der Waals surface area contributed by atoms with Gasteiger partial charge in [0.1, 0.15) is 0 Å². The third-order valence-corrected chi connectivity index (χ3v) is 2.58. The maximum Gasteiger partial charge on any atom is 0.323 e. The van der Waals surface area contributed by atoms with Gasteiger partial charge in [0.05, 0.1) is 6.42 Å². The number of rotatable bonds is 2. The van der Waals surface area contributed by atoms with Crippen LogP contribution in [-0.4, -0.2) is 31.9 Å². The van der Waals surface area contributed by atoms with Gasteiger partial charge in [-0.05, 0) is 41.5 Å². The average molecular weight is 253 g/mol. The van der Waals surface area contributed by atoms with E-state index in [0.717, 1.165) is 0 Å². The Morgan fingerprint density at radius 3 is 2.00 bits per heavy atom. The molecule has 2 N–H and O–H groups in total. The topological polar surface area (TPSA) is 69.0 Å². The van der Waals surface area contributed by atoms with Gasteiger partial charge < -0.3 is 14.9 Å². The van der Waals surface area contributed by atoms with E-state index in [9.17, 15) is 9.59 Å². The smallest absolute Gasteiger partial charge is 0.323 e. The first-order valence-electron chi connectivity index (χ1n) is 6.11. The molecule has 1 rings (SSSR count). The van der Waals surface area contributed by atoms with E-state index >= 15 is 0 Å². The summed E-state index contributed by atoms with van der Waals surface area (Å²) >= 11 is 0. The Labute approximate surface area is 108 Å². The molecular weight excluding hydrogens is 230 g/mol. The van der Waals surface area contributed by atoms with Crippen LogP contribution in [0.2, 0.25) is 0 Å². The SMILES string of the molecule is CC(C)(C)N(C(=O)Cc1c[nH]c(=O)[nH]1)C(C)(C)C. The fraction of sp³-hybridized carbons (Fsp3) is 0.692. The number of imidazole rings is 1. The van der Waals surface area contributed by atoms with Crippen LogP contribution in [0.4, 0.5) is 0 Å². The molecule has 0 aromatic carbocycles. The van der Waals surface area contributed by atoms with Gasteiger partial charge in [-0.15, -0.1) is 0 Å². The maximum atomic E-state index is 12.4. The van der Waals surface area contributed by atoms with Gasteiger partial charge in [-0.3, -0.25) is 4.79 Å². The number of carbonyl (C=O) groups is 1. The van der Waals surface area contributed by atoms with E-state index in [2.05, 4.69) is 9.97 Å². The zero-order valence-corrected chi connectivity index (χ0v) is 12.0. The van der Waals surface area contributed by atoms with Crippen LogP contribution in [0.15, 0.2) is 11.0 Å². The number of amides is 1. The van der Waals surface area contributed by atoms with Gasteiger partial charge in [-0.1, -0.05) is 0 Å². The monoisotopic (exact) mass is 253 g/mol. The lowest BCUT2D eigenvalue weighted by Crippen LogP contribution is -2.56. The molecule has 5 heteroatoms. The molecule has 0 atom stereocenters. The molecule has 1 heterocycles. The highest BCUT2D eigenvalue weighted by atomic mass is 16.2. The van der Waals surface area contributed by atoms with Gasteiger partial charge >= 0.3 is 5.69 Å². The molecule has 18 heavy (non-hydrogen) atoms. The van der Waals surface area contributed by atoms with Crippen molar-refractivity contribution in [2.75, 3.05) is 0 Å². The van der Waals surface area contributed by atoms with E-state index in [0.29, 0.717) is 5.69 Å². The van der Waals surface area contributed by atoms with Gasteiger partial charge in [0.25, 0.3) is 0 Å². The molecule has 0 saturated heterocycles. The Morgan fingerprint density at radius 1 is 1.17 bits per heavy atom. The molecule has 1 aromatic heterocycles. The molecule has 0 bridgehead atoms. The van der Waals surface area contributed by atoms with E-state index in [1.54, 1.807) is 6.20 Å². The second-order valence-corrected chi connectivity index (χ2v) is 6.52. The van der Waals surface area contributed by atoms with Crippen LogP contribution in [0.3, 0.4) is 0 Å². The number of nitrogens with zero attached hydrogens (tertiary/aromatic N) is 1. The number of H-pyrrole nitrogens is 2. The Balaban J connectivity index is 2.94. The minimum atomic E-state index is -0.282. The van der Waals surface area contributed by atoms with Gasteiger partial charge in [0, 0.05) is 23.0 Å². The summed E-state index contributed by atoms with van der Waals surface area (Å²) in [5.74, 6) is 0.00486. The minimum absolute atomic E-state index is 0.00486. The molecule has 0 radical (unpaired) electrons. The van der Waals surface area contributed by atoms with Crippen molar-refractivity contribution in [2.24, 2.45) is 0 Å². The predicted octanol–water partition coefficient (Wildman–Crippen LogP) is 1.67. The zero-order valence-electron chi connectivity index (χ0n) is 12.0. The largest absolute Gasteiger partial charge is 0.333 e. The van der Waals surface area contributed by atoms with Crippen LogP contribution in [0.25, 0.3) is 0 Å². The second kappa shape index (κ2) is 4.63. The van der Waals surface area contributed by atoms with Crippen molar-refractivity contribution in [3.8, 4) is 0 Å². The molecular formula is C13H23N3O2. The molecule has 0 aliphatic heterocycles. The van der Waals surface area contributed by atoms with Crippen molar-refractivity contribution >= 4 is 5.91 Å². The lowest BCUT2D eigenvalue weighted by molar-refractivity contribution is -0.142. The number of aromatic nitrogens is 2. The molecule has 1 amide bonds. The van der Waals surface area contributed by atoms with Crippen LogP contribution in [0, 0.1) is 0 Å². The summed E-state index contributed by atoms with van der Waals surface area (Å²) in [5.41, 5.74) is -0.183. The highest BCUT2D eigenvalue weighted by Gasteiger charge is 2.35. The molecule has 1 aromatic rings. The fourth-order valence-electron chi connectivity index (χ4n) is 2.46. The summed E-state index contributed by atoms with van der Waals surface area (Å²) in [6.45, 7) is 12.1. The van der Waals surface area contributed by atoms with Crippen molar-refractivity contribution in [2.45, 2.75) is 59.0 Å². The first-order chi connectivity index (χ1) is 8.01. The van der Waals surface area contributed by atoms with Crippen LogP contribution < -0.4 is 5.69 Å². The summed E-state index contributed by atoms with van der Waals surface area (Å²) in [6.07, 6.45) is 1.75. The van der Waals surface area contributed by atoms with E-state index in [1.165, 1.54) is 0 Å². The van der Waals surface area contributed by atoms with Crippen molar-refractivity contribution in [3.05, 3.63) is 22.4 Å². The Bertz CT molecular complexity index is 457. The van der Waals surface area contributed by atoms with Crippen LogP contribution in [-0.2, 0) is 11.2 Å². The van der Waals surface area contributed by atoms with Crippen LogP contribution in [0.5, 0.6) is 0 Å². The molecule has 102 valence electrons. The summed E-state index contributed by atoms with van der Waals surface area (Å²) in [5, 5.41) is 0. The van der Waals surface area contributed by atoms with Gasteiger partial charge in [-0.25, -0.2) is 4.79 Å². The van der Waals surface area contributed by atoms with E-state index in [-0.39, 0.29) is 29.1 Å². The predicted molar refractivity (Wildman–Crippen MR) is 71.5 cm³/mol. The van der Waals surface area contributed by atoms with Crippen molar-refractivity contribution < 1.29 is 4.79 Å². The lowest BCUT2D eigenvalue weighted by atomic mass is 9.95. The minimum Gasteiger partial charge on any atom is -0.333 e. The first-order valence-corrected chi connectivity index (χ1v) is 6.11. The Kier molecular flexibility index (Phi) is 3.74. The first kappa shape index (κ1) is 14.5. The van der Waals surface area contributed by atoms with Crippen molar-refractivity contribution in [1.29, 1.82) is 0 Å². The Morgan fingerprint density at radius 2 is 1.67 bits per heavy atom. The molecule has 0 spiro atoms. The number of carbonyl (C=O) groups excluding carboxylic acids is 1. The quantitative estimate of drug-likeness (QED) is 0.841. The fourth-order valence-corrected chi connectivity index (χ4v) is 2.46. The number of aromatic amines is 2. The second-order valence-electron chi connectivity index (χ2n) is 6.52. The van der Waals surface area contributed by atoms with E-state index in [1.807, 2.05) is 46.4 Å². The number of hydrogen-bond acceptors (Lipinski definition) is 2. The van der Waals surface area contributed by atoms with Crippen LogP contribution >= 0.6 is 0 Å². The number of hydrogen-bond donors (Lipinski definition) is 2. The Hall–Kier alpha value is -1.52. The van der Waals surface area contributed by atoms with Gasteiger partial charge in [0.2, 0.25) is 5.91 Å². The molecule has 0 saturated carbocycles. The average Bonchev–Trinajstić information content (AvgIpc) is 2.44. The third-order valence-electron chi connectivity index (χ3n) is 2.58. The van der Waals surface area contributed by atoms with E-state index in [4.69, 9.17) is 0 Å². The summed E-state index contributed by atoms with van der Waals surface area (Å²) in [7, 11) is 0.